The molecule has 22 heavy (non-hydrogen) atoms. The van der Waals surface area contributed by atoms with Gasteiger partial charge in [-0.15, -0.1) is 0 Å². The summed E-state index contributed by atoms with van der Waals surface area (Å²) in [6, 6.07) is 4.56. The van der Waals surface area contributed by atoms with E-state index < -0.39 is 6.04 Å². The van der Waals surface area contributed by atoms with Crippen LogP contribution in [0.2, 0.25) is 0 Å². The molecule has 1 aliphatic rings. The maximum absolute atomic E-state index is 12.2. The topological polar surface area (TPSA) is 73.8 Å². The third-order valence-electron chi connectivity index (χ3n) is 3.90. The Morgan fingerprint density at radius 3 is 2.59 bits per heavy atom. The van der Waals surface area contributed by atoms with Gasteiger partial charge in [-0.1, -0.05) is 6.07 Å². The first-order valence-corrected chi connectivity index (χ1v) is 7.10. The van der Waals surface area contributed by atoms with Crippen molar-refractivity contribution in [2.45, 2.75) is 18.9 Å². The average molecular weight is 304 g/mol. The highest BCUT2D eigenvalue weighted by Gasteiger charge is 2.42. The number of aromatic nitrogens is 1. The Kier molecular flexibility index (Phi) is 4.75. The van der Waals surface area contributed by atoms with Crippen LogP contribution in [0.4, 0.5) is 4.79 Å². The second kappa shape index (κ2) is 6.55. The van der Waals surface area contributed by atoms with Crippen molar-refractivity contribution in [2.24, 2.45) is 0 Å². The number of rotatable bonds is 5. The van der Waals surface area contributed by atoms with Crippen LogP contribution in [-0.4, -0.2) is 71.3 Å². The first-order valence-electron chi connectivity index (χ1n) is 7.10. The van der Waals surface area contributed by atoms with Crippen molar-refractivity contribution in [3.8, 4) is 0 Å². The van der Waals surface area contributed by atoms with E-state index in [0.29, 0.717) is 13.0 Å². The van der Waals surface area contributed by atoms with Crippen molar-refractivity contribution < 1.29 is 14.4 Å². The molecule has 0 N–H and O–H groups in total. The van der Waals surface area contributed by atoms with Crippen LogP contribution in [0.1, 0.15) is 12.1 Å². The minimum absolute atomic E-state index is 0.00410. The number of hydrogen-bond acceptors (Lipinski definition) is 4. The van der Waals surface area contributed by atoms with Crippen LogP contribution in [0.25, 0.3) is 0 Å². The Bertz CT molecular complexity index is 575. The number of nitrogens with zero attached hydrogens (tertiary/aromatic N) is 4. The predicted octanol–water partition coefficient (Wildman–Crippen LogP) is 0.365. The summed E-state index contributed by atoms with van der Waals surface area (Å²) in [5.41, 5.74) is 0.908. The summed E-state index contributed by atoms with van der Waals surface area (Å²) in [7, 11) is 4.65. The summed E-state index contributed by atoms with van der Waals surface area (Å²) in [4.78, 5) is 44.0. The molecule has 0 spiro atoms. The Hall–Kier alpha value is -2.44. The molecule has 1 saturated heterocycles. The molecule has 0 saturated carbocycles. The number of carbonyl (C=O) groups excluding carboxylic acids is 3. The van der Waals surface area contributed by atoms with E-state index >= 15 is 0 Å². The molecule has 4 amide bonds. The Labute approximate surface area is 129 Å². The third kappa shape index (κ3) is 3.24. The third-order valence-corrected chi connectivity index (χ3v) is 3.90. The van der Waals surface area contributed by atoms with Gasteiger partial charge in [-0.2, -0.15) is 0 Å². The number of hydrogen-bond donors (Lipinski definition) is 0. The summed E-state index contributed by atoms with van der Waals surface area (Å²) in [6.45, 7) is 0.518. The van der Waals surface area contributed by atoms with Crippen LogP contribution in [-0.2, 0) is 16.0 Å². The molecule has 7 heteroatoms. The monoisotopic (exact) mass is 304 g/mol. The van der Waals surface area contributed by atoms with Crippen LogP contribution in [0, 0.1) is 0 Å². The van der Waals surface area contributed by atoms with Gasteiger partial charge in [-0.25, -0.2) is 4.79 Å². The van der Waals surface area contributed by atoms with Crippen LogP contribution < -0.4 is 0 Å². The lowest BCUT2D eigenvalue weighted by Crippen LogP contribution is -2.38. The zero-order valence-electron chi connectivity index (χ0n) is 13.0. The molecular weight excluding hydrogens is 284 g/mol. The lowest BCUT2D eigenvalue weighted by atomic mass is 10.1. The molecule has 1 aliphatic heterocycles. The van der Waals surface area contributed by atoms with Gasteiger partial charge in [0, 0.05) is 46.0 Å². The minimum atomic E-state index is -0.706. The van der Waals surface area contributed by atoms with Gasteiger partial charge in [0.1, 0.15) is 6.04 Å². The largest absolute Gasteiger partial charge is 0.345 e. The van der Waals surface area contributed by atoms with Crippen molar-refractivity contribution in [2.75, 3.05) is 27.7 Å². The summed E-state index contributed by atoms with van der Waals surface area (Å²) in [6.07, 6.45) is 2.37. The number of carbonyl (C=O) groups is 3. The van der Waals surface area contributed by atoms with Crippen molar-refractivity contribution in [3.05, 3.63) is 30.1 Å². The molecule has 0 aromatic carbocycles. The highest BCUT2D eigenvalue weighted by Crippen LogP contribution is 2.17. The van der Waals surface area contributed by atoms with Gasteiger partial charge in [0.25, 0.3) is 5.91 Å². The molecule has 1 aromatic rings. The highest BCUT2D eigenvalue weighted by atomic mass is 16.2. The number of imide groups is 1. The molecule has 2 rings (SSSR count). The van der Waals surface area contributed by atoms with Crippen molar-refractivity contribution >= 4 is 17.8 Å². The van der Waals surface area contributed by atoms with E-state index in [9.17, 15) is 14.4 Å². The van der Waals surface area contributed by atoms with Crippen LogP contribution in [0.15, 0.2) is 24.4 Å². The molecule has 2 heterocycles. The van der Waals surface area contributed by atoms with E-state index in [1.165, 1.54) is 19.0 Å². The van der Waals surface area contributed by atoms with Gasteiger partial charge in [0.05, 0.1) is 6.42 Å². The molecule has 1 aromatic heterocycles. The Morgan fingerprint density at radius 2 is 2.05 bits per heavy atom. The number of urea groups is 1. The average Bonchev–Trinajstić information content (AvgIpc) is 2.71. The van der Waals surface area contributed by atoms with Crippen molar-refractivity contribution in [1.29, 1.82) is 0 Å². The van der Waals surface area contributed by atoms with E-state index in [2.05, 4.69) is 4.98 Å². The highest BCUT2D eigenvalue weighted by molar-refractivity contribution is 6.05. The Morgan fingerprint density at radius 1 is 1.32 bits per heavy atom. The number of amides is 4. The smallest absolute Gasteiger partial charge is 0.326 e. The van der Waals surface area contributed by atoms with Gasteiger partial charge in [-0.3, -0.25) is 19.5 Å². The molecule has 118 valence electrons. The van der Waals surface area contributed by atoms with Crippen molar-refractivity contribution in [1.82, 2.24) is 19.7 Å². The standard InChI is InChI=1S/C15H20N4O3/c1-17(9-7-11-6-4-5-8-16-11)13(20)10-12-14(21)19(3)15(22)18(12)2/h4-6,8,12H,7,9-10H2,1-3H3/t12-/m1/s1. The maximum atomic E-state index is 12.2. The summed E-state index contributed by atoms with van der Waals surface area (Å²) < 4.78 is 0. The molecule has 0 radical (unpaired) electrons. The van der Waals surface area contributed by atoms with Crippen LogP contribution >= 0.6 is 0 Å². The lowest BCUT2D eigenvalue weighted by Gasteiger charge is -2.21. The predicted molar refractivity (Wildman–Crippen MR) is 79.9 cm³/mol. The van der Waals surface area contributed by atoms with Crippen LogP contribution in [0.5, 0.6) is 0 Å². The van der Waals surface area contributed by atoms with E-state index in [-0.39, 0.29) is 24.3 Å². The second-order valence-electron chi connectivity index (χ2n) is 5.40. The van der Waals surface area contributed by atoms with E-state index in [4.69, 9.17) is 0 Å². The SMILES string of the molecule is CN(CCc1ccccn1)C(=O)C[C@@H]1C(=O)N(C)C(=O)N1C. The lowest BCUT2D eigenvalue weighted by molar-refractivity contribution is -0.135. The minimum Gasteiger partial charge on any atom is -0.345 e. The first-order chi connectivity index (χ1) is 10.4. The first kappa shape index (κ1) is 15.9. The van der Waals surface area contributed by atoms with Gasteiger partial charge in [0.2, 0.25) is 5.91 Å². The van der Waals surface area contributed by atoms with E-state index in [1.807, 2.05) is 18.2 Å². The van der Waals surface area contributed by atoms with Crippen molar-refractivity contribution in [3.63, 3.8) is 0 Å². The quantitative estimate of drug-likeness (QED) is 0.737. The fourth-order valence-electron chi connectivity index (χ4n) is 2.35. The van der Waals surface area contributed by atoms with E-state index in [1.54, 1.807) is 18.1 Å². The summed E-state index contributed by atoms with van der Waals surface area (Å²) in [5, 5.41) is 0. The molecule has 7 nitrogen and oxygen atoms in total. The van der Waals surface area contributed by atoms with E-state index in [0.717, 1.165) is 10.6 Å². The molecule has 0 aliphatic carbocycles. The maximum Gasteiger partial charge on any atom is 0.326 e. The summed E-state index contributed by atoms with van der Waals surface area (Å²) >= 11 is 0. The fourth-order valence-corrected chi connectivity index (χ4v) is 2.35. The molecule has 0 bridgehead atoms. The van der Waals surface area contributed by atoms with Gasteiger partial charge < -0.3 is 9.80 Å². The molecular formula is C15H20N4O3. The summed E-state index contributed by atoms with van der Waals surface area (Å²) in [5.74, 6) is -0.497. The molecule has 0 unspecified atom stereocenters. The number of likely N-dealkylation sites (N-methyl/N-ethyl adjacent to an activating group) is 3. The molecule has 1 atom stereocenters. The zero-order chi connectivity index (χ0) is 16.3. The second-order valence-corrected chi connectivity index (χ2v) is 5.40. The normalized spacial score (nSPS) is 18.0. The number of pyridine rings is 1. The molecule has 1 fully saturated rings. The Balaban J connectivity index is 1.89. The fraction of sp³-hybridized carbons (Fsp3) is 0.467. The van der Waals surface area contributed by atoms with Crippen LogP contribution in [0.3, 0.4) is 0 Å². The van der Waals surface area contributed by atoms with Gasteiger partial charge >= 0.3 is 6.03 Å². The van der Waals surface area contributed by atoms with Gasteiger partial charge in [0.15, 0.2) is 0 Å². The zero-order valence-corrected chi connectivity index (χ0v) is 13.0. The van der Waals surface area contributed by atoms with Gasteiger partial charge in [-0.05, 0) is 12.1 Å².